The van der Waals surface area contributed by atoms with E-state index in [0.29, 0.717) is 0 Å². The molecule has 0 N–H and O–H groups in total. The van der Waals surface area contributed by atoms with Crippen LogP contribution in [0.1, 0.15) is 26.7 Å². The minimum Gasteiger partial charge on any atom is -0.208 e. The van der Waals surface area contributed by atoms with Crippen LogP contribution in [0.2, 0.25) is 0 Å². The molecule has 0 aliphatic heterocycles. The highest BCUT2D eigenvalue weighted by atomic mass is 35.7. The zero-order valence-corrected chi connectivity index (χ0v) is 9.69. The van der Waals surface area contributed by atoms with E-state index in [2.05, 4.69) is 0 Å². The van der Waals surface area contributed by atoms with Gasteiger partial charge in [0.25, 0.3) is 11.1 Å². The maximum atomic E-state index is 12.9. The molecule has 13 heavy (non-hydrogen) atoms. The van der Waals surface area contributed by atoms with E-state index in [1.54, 1.807) is 0 Å². The Morgan fingerprint density at radius 2 is 1.15 bits per heavy atom. The highest BCUT2D eigenvalue weighted by Crippen LogP contribution is 2.47. The summed E-state index contributed by atoms with van der Waals surface area (Å²) in [4.78, 5) is 0. The largest absolute Gasteiger partial charge is 0.399 e. The third-order valence-corrected chi connectivity index (χ3v) is 7.67. The van der Waals surface area contributed by atoms with Crippen molar-refractivity contribution in [2.24, 2.45) is 0 Å². The van der Waals surface area contributed by atoms with E-state index < -0.39 is 30.6 Å². The molecule has 0 aromatic rings. The molecule has 0 fully saturated rings. The van der Waals surface area contributed by atoms with Crippen LogP contribution in [0.4, 0.5) is 17.6 Å². The Morgan fingerprint density at radius 3 is 1.31 bits per heavy atom. The lowest BCUT2D eigenvalue weighted by Crippen LogP contribution is -2.57. The molecule has 0 unspecified atom stereocenters. The first-order valence-corrected chi connectivity index (χ1v) is 7.78. The first kappa shape index (κ1) is 13.5. The quantitative estimate of drug-likeness (QED) is 0.404. The number of halogens is 6. The van der Waals surface area contributed by atoms with Crippen molar-refractivity contribution in [1.82, 2.24) is 0 Å². The summed E-state index contributed by atoms with van der Waals surface area (Å²) in [5, 5.41) is 0. The van der Waals surface area contributed by atoms with Crippen molar-refractivity contribution in [1.29, 1.82) is 0 Å². The second-order valence-electron chi connectivity index (χ2n) is 2.69. The summed E-state index contributed by atoms with van der Waals surface area (Å²) in [6.45, 7) is -2.72. The van der Waals surface area contributed by atoms with Crippen molar-refractivity contribution in [2.75, 3.05) is 0 Å². The summed E-state index contributed by atoms with van der Waals surface area (Å²) in [7, 11) is 0. The Balaban J connectivity index is 4.95. The molecule has 0 rings (SSSR count). The van der Waals surface area contributed by atoms with Gasteiger partial charge in [0.1, 0.15) is 0 Å². The Bertz CT molecular complexity index is 165. The maximum absolute atomic E-state index is 12.9. The molecule has 0 spiro atoms. The molecule has 7 heteroatoms. The fourth-order valence-corrected chi connectivity index (χ4v) is 3.74. The first-order chi connectivity index (χ1) is 5.62. The number of hydrogen-bond donors (Lipinski definition) is 0. The lowest BCUT2D eigenvalue weighted by atomic mass is 10.5. The molecular weight excluding hydrogens is 247 g/mol. The minimum absolute atomic E-state index is 0.762. The van der Waals surface area contributed by atoms with Gasteiger partial charge in [0.2, 0.25) is 0 Å². The normalized spacial score (nSPS) is 14.8. The van der Waals surface area contributed by atoms with E-state index in [9.17, 15) is 17.6 Å². The van der Waals surface area contributed by atoms with Crippen LogP contribution < -0.4 is 0 Å². The van der Waals surface area contributed by atoms with E-state index in [4.69, 9.17) is 22.2 Å². The zero-order valence-electron chi connectivity index (χ0n) is 7.18. The van der Waals surface area contributed by atoms with Gasteiger partial charge in [-0.15, -0.1) is 22.2 Å². The van der Waals surface area contributed by atoms with Crippen LogP contribution in [0.25, 0.3) is 0 Å². The molecule has 0 amide bonds. The number of hydrogen-bond acceptors (Lipinski definition) is 0. The molecule has 0 aromatic heterocycles. The monoisotopic (exact) mass is 256 g/mol. The predicted octanol–water partition coefficient (Wildman–Crippen LogP) is 4.08. The molecule has 0 bridgehead atoms. The summed E-state index contributed by atoms with van der Waals surface area (Å²) < 4.78 is 51.7. The van der Waals surface area contributed by atoms with Gasteiger partial charge in [0, 0.05) is 12.8 Å². The van der Waals surface area contributed by atoms with Gasteiger partial charge in [0.15, 0.2) is 0 Å². The highest BCUT2D eigenvalue weighted by molar-refractivity contribution is 7.47. The zero-order chi connectivity index (χ0) is 10.9. The molecule has 0 aliphatic carbocycles. The minimum atomic E-state index is -4.88. The third kappa shape index (κ3) is 2.30. The summed E-state index contributed by atoms with van der Waals surface area (Å²) >= 11 is 10.2. The smallest absolute Gasteiger partial charge is 0.208 e. The van der Waals surface area contributed by atoms with Gasteiger partial charge in [-0.25, -0.2) is 17.6 Å². The molecule has 0 saturated heterocycles. The SMILES string of the molecule is CCC(F)(F)[Si](Cl)(Cl)C(F)(F)CC. The summed E-state index contributed by atoms with van der Waals surface area (Å²) in [6, 6.07) is 0. The topological polar surface area (TPSA) is 0 Å². The van der Waals surface area contributed by atoms with Gasteiger partial charge >= 0.3 is 6.69 Å². The second kappa shape index (κ2) is 3.94. The molecular formula is C6H10Cl2F4Si. The van der Waals surface area contributed by atoms with E-state index in [0.717, 1.165) is 13.8 Å². The van der Waals surface area contributed by atoms with Crippen molar-refractivity contribution in [2.45, 2.75) is 37.8 Å². The molecule has 0 atom stereocenters. The van der Waals surface area contributed by atoms with Crippen molar-refractivity contribution in [3.8, 4) is 0 Å². The van der Waals surface area contributed by atoms with Crippen molar-refractivity contribution < 1.29 is 17.6 Å². The summed E-state index contributed by atoms with van der Waals surface area (Å²) in [6.07, 6.45) is -1.52. The van der Waals surface area contributed by atoms with Crippen LogP contribution in [-0.2, 0) is 0 Å². The van der Waals surface area contributed by atoms with Crippen LogP contribution in [-0.4, -0.2) is 17.8 Å². The average molecular weight is 257 g/mol. The second-order valence-corrected chi connectivity index (χ2v) is 9.28. The van der Waals surface area contributed by atoms with E-state index in [-0.39, 0.29) is 0 Å². The average Bonchev–Trinajstić information content (AvgIpc) is 2.03. The van der Waals surface area contributed by atoms with E-state index in [1.165, 1.54) is 0 Å². The predicted molar refractivity (Wildman–Crippen MR) is 47.9 cm³/mol. The van der Waals surface area contributed by atoms with Gasteiger partial charge in [-0.2, -0.15) is 0 Å². The van der Waals surface area contributed by atoms with Crippen LogP contribution in [0, 0.1) is 0 Å². The highest BCUT2D eigenvalue weighted by Gasteiger charge is 2.68. The van der Waals surface area contributed by atoms with Gasteiger partial charge in [0.05, 0.1) is 0 Å². The first-order valence-electron chi connectivity index (χ1n) is 3.76. The molecule has 0 aromatic carbocycles. The van der Waals surface area contributed by atoms with Crippen LogP contribution in [0.5, 0.6) is 0 Å². The maximum Gasteiger partial charge on any atom is 0.399 e. The standard InChI is InChI=1S/C6H10Cl2F4Si/c1-3-5(9,10)13(7,8)6(11,12)4-2/h3-4H2,1-2H3. The lowest BCUT2D eigenvalue weighted by Gasteiger charge is -2.32. The third-order valence-electron chi connectivity index (χ3n) is 1.81. The molecule has 0 saturated carbocycles. The molecule has 80 valence electrons. The fraction of sp³-hybridized carbons (Fsp3) is 1.00. The van der Waals surface area contributed by atoms with Gasteiger partial charge in [-0.3, -0.25) is 0 Å². The number of rotatable bonds is 4. The molecule has 0 heterocycles. The Morgan fingerprint density at radius 1 is 0.923 bits per heavy atom. The Hall–Kier alpha value is 0.517. The van der Waals surface area contributed by atoms with Crippen molar-refractivity contribution in [3.05, 3.63) is 0 Å². The van der Waals surface area contributed by atoms with Crippen LogP contribution in [0.3, 0.4) is 0 Å². The van der Waals surface area contributed by atoms with Crippen LogP contribution >= 0.6 is 22.2 Å². The van der Waals surface area contributed by atoms with Crippen LogP contribution in [0.15, 0.2) is 0 Å². The number of alkyl halides is 4. The lowest BCUT2D eigenvalue weighted by molar-refractivity contribution is 0.0288. The van der Waals surface area contributed by atoms with Crippen molar-refractivity contribution in [3.63, 3.8) is 0 Å². The van der Waals surface area contributed by atoms with E-state index in [1.807, 2.05) is 0 Å². The summed E-state index contributed by atoms with van der Waals surface area (Å²) in [5.41, 5.74) is -7.31. The fourth-order valence-electron chi connectivity index (χ4n) is 0.712. The van der Waals surface area contributed by atoms with Gasteiger partial charge in [-0.05, 0) is 0 Å². The molecule has 0 aliphatic rings. The van der Waals surface area contributed by atoms with Gasteiger partial charge in [-0.1, -0.05) is 13.8 Å². The molecule has 0 radical (unpaired) electrons. The Labute approximate surface area is 84.6 Å². The molecule has 0 nitrogen and oxygen atoms in total. The van der Waals surface area contributed by atoms with E-state index >= 15 is 0 Å². The van der Waals surface area contributed by atoms with Crippen molar-refractivity contribution >= 4 is 28.9 Å². The summed E-state index contributed by atoms with van der Waals surface area (Å²) in [5.74, 6) is 0. The Kier molecular flexibility index (Phi) is 4.10. The van der Waals surface area contributed by atoms with Gasteiger partial charge < -0.3 is 0 Å².